The molecule has 1 atom stereocenters. The van der Waals surface area contributed by atoms with Crippen LogP contribution in [0.5, 0.6) is 0 Å². The predicted molar refractivity (Wildman–Crippen MR) is 116 cm³/mol. The zero-order chi connectivity index (χ0) is 21.5. The van der Waals surface area contributed by atoms with Gasteiger partial charge in [0.15, 0.2) is 5.96 Å². The molecule has 0 radical (unpaired) electrons. The number of halogens is 1. The van der Waals surface area contributed by atoms with Crippen LogP contribution in [-0.2, 0) is 11.2 Å². The molecular weight excluding hydrogens is 383 g/mol. The second-order valence-corrected chi connectivity index (χ2v) is 7.81. The molecule has 8 heteroatoms. The number of rotatable bonds is 7. The summed E-state index contributed by atoms with van der Waals surface area (Å²) < 4.78 is 14.8. The Kier molecular flexibility index (Phi) is 7.43. The number of nitrogens with zero attached hydrogens (tertiary/aromatic N) is 4. The molecule has 1 aliphatic rings. The molecule has 1 aromatic heterocycles. The molecule has 0 saturated carbocycles. The van der Waals surface area contributed by atoms with Crippen molar-refractivity contribution in [2.75, 3.05) is 26.2 Å². The number of hydrogen-bond donors (Lipinski definition) is 2. The van der Waals surface area contributed by atoms with Crippen LogP contribution in [0.3, 0.4) is 0 Å². The second-order valence-electron chi connectivity index (χ2n) is 7.81. The van der Waals surface area contributed by atoms with E-state index in [1.54, 1.807) is 16.8 Å². The largest absolute Gasteiger partial charge is 0.357 e. The maximum Gasteiger partial charge on any atom is 0.225 e. The van der Waals surface area contributed by atoms with Crippen molar-refractivity contribution in [2.45, 2.75) is 39.7 Å². The van der Waals surface area contributed by atoms with Gasteiger partial charge in [0, 0.05) is 50.8 Å². The van der Waals surface area contributed by atoms with Gasteiger partial charge in [0.1, 0.15) is 5.82 Å². The summed E-state index contributed by atoms with van der Waals surface area (Å²) in [6, 6.07) is 8.41. The molecule has 0 spiro atoms. The Hall–Kier alpha value is -2.90. The standard InChI is InChI=1S/C22H31FN6O/c1-4-24-22(26-19-10-13-28(15-19)21(30)16(2)3)25-12-9-18-11-14-29(27-18)20-7-5-17(23)6-8-20/h5-8,11,14,16,19H,4,9-10,12-13,15H2,1-3H3,(H2,24,25,26). The van der Waals surface area contributed by atoms with E-state index in [0.717, 1.165) is 36.9 Å². The van der Waals surface area contributed by atoms with Crippen LogP contribution in [0.15, 0.2) is 41.5 Å². The van der Waals surface area contributed by atoms with Crippen molar-refractivity contribution in [2.24, 2.45) is 10.9 Å². The second kappa shape index (κ2) is 10.2. The van der Waals surface area contributed by atoms with E-state index in [0.29, 0.717) is 19.5 Å². The fourth-order valence-electron chi connectivity index (χ4n) is 3.47. The first kappa shape index (κ1) is 21.8. The average Bonchev–Trinajstić information content (AvgIpc) is 3.38. The average molecular weight is 415 g/mol. The third-order valence-electron chi connectivity index (χ3n) is 5.05. The number of guanidine groups is 1. The van der Waals surface area contributed by atoms with Gasteiger partial charge < -0.3 is 15.5 Å². The van der Waals surface area contributed by atoms with Crippen LogP contribution < -0.4 is 10.6 Å². The van der Waals surface area contributed by atoms with Gasteiger partial charge in [0.05, 0.1) is 11.4 Å². The molecule has 0 bridgehead atoms. The van der Waals surface area contributed by atoms with Crippen molar-refractivity contribution in [3.8, 4) is 5.69 Å². The smallest absolute Gasteiger partial charge is 0.225 e. The molecule has 2 aromatic rings. The SMILES string of the molecule is CCNC(=NCCc1ccn(-c2ccc(F)cc2)n1)NC1CCN(C(=O)C(C)C)C1. The van der Waals surface area contributed by atoms with Gasteiger partial charge >= 0.3 is 0 Å². The molecular formula is C22H31FN6O. The van der Waals surface area contributed by atoms with E-state index in [-0.39, 0.29) is 23.7 Å². The van der Waals surface area contributed by atoms with Gasteiger partial charge in [-0.25, -0.2) is 9.07 Å². The van der Waals surface area contributed by atoms with Gasteiger partial charge in [-0.05, 0) is 43.7 Å². The normalized spacial score (nSPS) is 16.9. The summed E-state index contributed by atoms with van der Waals surface area (Å²) in [4.78, 5) is 18.8. The third kappa shape index (κ3) is 5.81. The quantitative estimate of drug-likeness (QED) is 0.539. The Labute approximate surface area is 177 Å². The summed E-state index contributed by atoms with van der Waals surface area (Å²) in [5.74, 6) is 0.737. The van der Waals surface area contributed by atoms with Crippen LogP contribution >= 0.6 is 0 Å². The van der Waals surface area contributed by atoms with Crippen molar-refractivity contribution in [3.05, 3.63) is 48.0 Å². The highest BCUT2D eigenvalue weighted by Crippen LogP contribution is 2.13. The fourth-order valence-corrected chi connectivity index (χ4v) is 3.47. The highest BCUT2D eigenvalue weighted by Gasteiger charge is 2.27. The van der Waals surface area contributed by atoms with Gasteiger partial charge in [-0.3, -0.25) is 9.79 Å². The minimum Gasteiger partial charge on any atom is -0.357 e. The number of hydrogen-bond acceptors (Lipinski definition) is 3. The highest BCUT2D eigenvalue weighted by molar-refractivity contribution is 5.81. The lowest BCUT2D eigenvalue weighted by Gasteiger charge is -2.20. The Bertz CT molecular complexity index is 861. The Morgan fingerprint density at radius 1 is 1.30 bits per heavy atom. The minimum absolute atomic E-state index is 0.0281. The first-order valence-electron chi connectivity index (χ1n) is 10.6. The summed E-state index contributed by atoms with van der Waals surface area (Å²) in [6.07, 6.45) is 3.49. The van der Waals surface area contributed by atoms with Gasteiger partial charge in [0.25, 0.3) is 0 Å². The summed E-state index contributed by atoms with van der Waals surface area (Å²) >= 11 is 0. The number of carbonyl (C=O) groups excluding carboxylic acids is 1. The van der Waals surface area contributed by atoms with E-state index in [2.05, 4.69) is 20.7 Å². The topological polar surface area (TPSA) is 74.6 Å². The molecule has 7 nitrogen and oxygen atoms in total. The van der Waals surface area contributed by atoms with E-state index in [9.17, 15) is 9.18 Å². The Balaban J connectivity index is 1.53. The summed E-state index contributed by atoms with van der Waals surface area (Å²) in [5.41, 5.74) is 1.75. The molecule has 2 heterocycles. The van der Waals surface area contributed by atoms with Crippen molar-refractivity contribution < 1.29 is 9.18 Å². The van der Waals surface area contributed by atoms with Crippen molar-refractivity contribution in [1.82, 2.24) is 25.3 Å². The number of benzene rings is 1. The zero-order valence-corrected chi connectivity index (χ0v) is 17.9. The Morgan fingerprint density at radius 2 is 2.07 bits per heavy atom. The van der Waals surface area contributed by atoms with Crippen molar-refractivity contribution in [1.29, 1.82) is 0 Å². The molecule has 3 rings (SSSR count). The molecule has 1 saturated heterocycles. The molecule has 1 aromatic carbocycles. The number of aliphatic imine (C=N–C) groups is 1. The van der Waals surface area contributed by atoms with E-state index in [1.807, 2.05) is 37.9 Å². The molecule has 1 unspecified atom stereocenters. The lowest BCUT2D eigenvalue weighted by molar-refractivity contribution is -0.133. The Morgan fingerprint density at radius 3 is 2.77 bits per heavy atom. The molecule has 2 N–H and O–H groups in total. The molecule has 30 heavy (non-hydrogen) atoms. The van der Waals surface area contributed by atoms with Gasteiger partial charge in [-0.1, -0.05) is 13.8 Å². The number of aromatic nitrogens is 2. The third-order valence-corrected chi connectivity index (χ3v) is 5.05. The number of likely N-dealkylation sites (tertiary alicyclic amines) is 1. The van der Waals surface area contributed by atoms with Crippen LogP contribution in [0, 0.1) is 11.7 Å². The lowest BCUT2D eigenvalue weighted by atomic mass is 10.2. The molecule has 1 fully saturated rings. The highest BCUT2D eigenvalue weighted by atomic mass is 19.1. The molecule has 1 amide bonds. The zero-order valence-electron chi connectivity index (χ0n) is 17.9. The fraction of sp³-hybridized carbons (Fsp3) is 0.500. The van der Waals surface area contributed by atoms with Crippen molar-refractivity contribution >= 4 is 11.9 Å². The van der Waals surface area contributed by atoms with E-state index >= 15 is 0 Å². The summed E-state index contributed by atoms with van der Waals surface area (Å²) in [6.45, 7) is 8.77. The van der Waals surface area contributed by atoms with Gasteiger partial charge in [-0.15, -0.1) is 0 Å². The van der Waals surface area contributed by atoms with Gasteiger partial charge in [0.2, 0.25) is 5.91 Å². The predicted octanol–water partition coefficient (Wildman–Crippen LogP) is 2.37. The monoisotopic (exact) mass is 414 g/mol. The first-order chi connectivity index (χ1) is 14.5. The molecule has 0 aliphatic carbocycles. The van der Waals surface area contributed by atoms with E-state index in [4.69, 9.17) is 0 Å². The minimum atomic E-state index is -0.261. The van der Waals surface area contributed by atoms with Gasteiger partial charge in [-0.2, -0.15) is 5.10 Å². The molecule has 162 valence electrons. The van der Waals surface area contributed by atoms with Crippen molar-refractivity contribution in [3.63, 3.8) is 0 Å². The number of carbonyl (C=O) groups is 1. The van der Waals surface area contributed by atoms with Crippen LogP contribution in [0.1, 0.15) is 32.9 Å². The van der Waals surface area contributed by atoms with Crippen LogP contribution in [-0.4, -0.2) is 58.8 Å². The summed E-state index contributed by atoms with van der Waals surface area (Å²) in [7, 11) is 0. The van der Waals surface area contributed by atoms with Crippen LogP contribution in [0.25, 0.3) is 5.69 Å². The summed E-state index contributed by atoms with van der Waals surface area (Å²) in [5, 5.41) is 11.3. The number of amides is 1. The number of nitrogens with one attached hydrogen (secondary N) is 2. The maximum absolute atomic E-state index is 13.1. The van der Waals surface area contributed by atoms with Crippen LogP contribution in [0.2, 0.25) is 0 Å². The van der Waals surface area contributed by atoms with E-state index in [1.165, 1.54) is 12.1 Å². The first-order valence-corrected chi connectivity index (χ1v) is 10.6. The maximum atomic E-state index is 13.1. The molecule has 1 aliphatic heterocycles. The van der Waals surface area contributed by atoms with Crippen LogP contribution in [0.4, 0.5) is 4.39 Å². The van der Waals surface area contributed by atoms with E-state index < -0.39 is 0 Å². The lowest BCUT2D eigenvalue weighted by Crippen LogP contribution is -2.45.